The maximum absolute atomic E-state index is 10.4. The second-order valence-corrected chi connectivity index (χ2v) is 13.2. The Morgan fingerprint density at radius 2 is 0.800 bits per heavy atom. The minimum Gasteiger partial charge on any atom is -0.481 e. The number of unbranched alkanes of at least 4 members (excludes halogenated alkanes) is 24. The first kappa shape index (κ1) is 45.9. The molecule has 7 heteroatoms. The zero-order valence-corrected chi connectivity index (χ0v) is 29.9. The largest absolute Gasteiger partial charge is 0.481 e. The lowest BCUT2D eigenvalue weighted by atomic mass is 10.0. The lowest BCUT2D eigenvalue weighted by molar-refractivity contribution is -0.138. The molecule has 0 aromatic rings. The van der Waals surface area contributed by atoms with Crippen molar-refractivity contribution in [2.24, 2.45) is 5.73 Å². The number of hydrogen-bond acceptors (Lipinski definition) is 5. The van der Waals surface area contributed by atoms with Crippen molar-refractivity contribution in [1.82, 2.24) is 5.32 Å². The molecule has 0 saturated heterocycles. The van der Waals surface area contributed by atoms with Gasteiger partial charge in [-0.3, -0.25) is 9.59 Å². The van der Waals surface area contributed by atoms with Crippen molar-refractivity contribution < 1.29 is 24.9 Å². The third-order valence-electron chi connectivity index (χ3n) is 8.63. The van der Waals surface area contributed by atoms with E-state index in [1.165, 1.54) is 128 Å². The molecule has 0 radical (unpaired) electrons. The summed E-state index contributed by atoms with van der Waals surface area (Å²) in [4.78, 5) is 20.7. The Hall–Kier alpha value is -1.18. The SMILES string of the molecule is CCCCCCCCCCCCCCCCCC(=O)O.NCCNCCCCCCC(O)CCCCCCCCCCC(=O)O. The molecule has 270 valence electrons. The minimum absolute atomic E-state index is 0.119. The predicted octanol–water partition coefficient (Wildman–Crippen LogP) is 10.2. The molecule has 0 bridgehead atoms. The fourth-order valence-electron chi connectivity index (χ4n) is 5.72. The molecule has 6 N–H and O–H groups in total. The molecule has 0 rings (SSSR count). The zero-order valence-electron chi connectivity index (χ0n) is 29.9. The molecule has 0 amide bonds. The molecule has 0 fully saturated rings. The minimum atomic E-state index is -0.682. The number of aliphatic carboxylic acids is 2. The van der Waals surface area contributed by atoms with Crippen LogP contribution in [0.2, 0.25) is 0 Å². The van der Waals surface area contributed by atoms with Gasteiger partial charge in [0, 0.05) is 25.9 Å². The van der Waals surface area contributed by atoms with E-state index >= 15 is 0 Å². The van der Waals surface area contributed by atoms with Gasteiger partial charge >= 0.3 is 11.9 Å². The van der Waals surface area contributed by atoms with Crippen LogP contribution in [-0.2, 0) is 9.59 Å². The van der Waals surface area contributed by atoms with E-state index in [0.29, 0.717) is 19.4 Å². The highest BCUT2D eigenvalue weighted by Gasteiger charge is 2.04. The van der Waals surface area contributed by atoms with Gasteiger partial charge in [0.15, 0.2) is 0 Å². The second-order valence-electron chi connectivity index (χ2n) is 13.2. The molecule has 0 aromatic carbocycles. The molecule has 1 atom stereocenters. The number of aliphatic hydroxyl groups is 1. The van der Waals surface area contributed by atoms with Gasteiger partial charge in [0.05, 0.1) is 6.10 Å². The maximum atomic E-state index is 10.4. The standard InChI is InChI=1S/C20H42N2O3.C18H36O2/c21-16-18-22-17-12-8-7-10-14-19(23)13-9-5-3-1-2-4-6-11-15-20(24)25;1-2-3-4-5-6-7-8-9-10-11-12-13-14-15-16-17-18(19)20/h19,22-23H,1-18,21H2,(H,24,25);2-17H2,1H3,(H,19,20). The number of aliphatic hydroxyl groups excluding tert-OH is 1. The van der Waals surface area contributed by atoms with Gasteiger partial charge in [-0.2, -0.15) is 0 Å². The number of nitrogens with one attached hydrogen (secondary N) is 1. The number of hydrogen-bond donors (Lipinski definition) is 5. The smallest absolute Gasteiger partial charge is 0.303 e. The highest BCUT2D eigenvalue weighted by atomic mass is 16.4. The molecule has 0 aliphatic heterocycles. The summed E-state index contributed by atoms with van der Waals surface area (Å²) in [5, 5.41) is 30.4. The predicted molar refractivity (Wildman–Crippen MR) is 192 cm³/mol. The number of carboxylic acids is 2. The molecule has 1 unspecified atom stereocenters. The Bertz CT molecular complexity index is 590. The van der Waals surface area contributed by atoms with Gasteiger partial charge in [-0.15, -0.1) is 0 Å². The number of carboxylic acid groups (broad SMARTS) is 2. The fraction of sp³-hybridized carbons (Fsp3) is 0.947. The van der Waals surface area contributed by atoms with Gasteiger partial charge in [-0.1, -0.05) is 161 Å². The quantitative estimate of drug-likeness (QED) is 0.0429. The van der Waals surface area contributed by atoms with Crippen molar-refractivity contribution in [3.8, 4) is 0 Å². The van der Waals surface area contributed by atoms with Crippen LogP contribution >= 0.6 is 0 Å². The second kappa shape index (κ2) is 40.8. The van der Waals surface area contributed by atoms with E-state index < -0.39 is 11.9 Å². The van der Waals surface area contributed by atoms with Crippen LogP contribution in [0.3, 0.4) is 0 Å². The van der Waals surface area contributed by atoms with Crippen molar-refractivity contribution >= 4 is 11.9 Å². The third-order valence-corrected chi connectivity index (χ3v) is 8.63. The van der Waals surface area contributed by atoms with E-state index in [-0.39, 0.29) is 6.10 Å². The van der Waals surface area contributed by atoms with Gasteiger partial charge in [0.25, 0.3) is 0 Å². The molecule has 0 heterocycles. The average Bonchev–Trinajstić information content (AvgIpc) is 3.01. The molecular weight excluding hydrogens is 564 g/mol. The number of nitrogens with two attached hydrogens (primary N) is 1. The highest BCUT2D eigenvalue weighted by Crippen LogP contribution is 2.15. The summed E-state index contributed by atoms with van der Waals surface area (Å²) in [7, 11) is 0. The van der Waals surface area contributed by atoms with Crippen LogP contribution in [0.1, 0.15) is 206 Å². The normalized spacial score (nSPS) is 11.7. The van der Waals surface area contributed by atoms with Gasteiger partial charge in [0.1, 0.15) is 0 Å². The Morgan fingerprint density at radius 3 is 1.13 bits per heavy atom. The Morgan fingerprint density at radius 1 is 0.489 bits per heavy atom. The third kappa shape index (κ3) is 47.3. The number of rotatable bonds is 36. The van der Waals surface area contributed by atoms with Crippen LogP contribution in [-0.4, -0.2) is 53.0 Å². The lowest BCUT2D eigenvalue weighted by Crippen LogP contribution is -2.23. The monoisotopic (exact) mass is 643 g/mol. The molecule has 0 aliphatic rings. The van der Waals surface area contributed by atoms with Gasteiger partial charge < -0.3 is 26.4 Å². The topological polar surface area (TPSA) is 133 Å². The summed E-state index contributed by atoms with van der Waals surface area (Å²) in [5.74, 6) is -1.34. The fourth-order valence-corrected chi connectivity index (χ4v) is 5.72. The van der Waals surface area contributed by atoms with Crippen molar-refractivity contribution in [2.75, 3.05) is 19.6 Å². The molecule has 0 saturated carbocycles. The molecule has 7 nitrogen and oxygen atoms in total. The first-order chi connectivity index (χ1) is 21.9. The molecular formula is C38H78N2O5. The molecule has 0 spiro atoms. The van der Waals surface area contributed by atoms with Crippen LogP contribution in [0.4, 0.5) is 0 Å². The summed E-state index contributed by atoms with van der Waals surface area (Å²) in [6, 6.07) is 0. The van der Waals surface area contributed by atoms with Gasteiger partial charge in [-0.05, 0) is 38.6 Å². The van der Waals surface area contributed by atoms with E-state index in [1.54, 1.807) is 0 Å². The number of carbonyl (C=O) groups is 2. The van der Waals surface area contributed by atoms with Crippen molar-refractivity contribution in [1.29, 1.82) is 0 Å². The molecule has 0 aliphatic carbocycles. The summed E-state index contributed by atoms with van der Waals surface area (Å²) in [5.41, 5.74) is 5.42. The maximum Gasteiger partial charge on any atom is 0.303 e. The van der Waals surface area contributed by atoms with E-state index in [4.69, 9.17) is 15.9 Å². The van der Waals surface area contributed by atoms with Crippen molar-refractivity contribution in [3.05, 3.63) is 0 Å². The van der Waals surface area contributed by atoms with Crippen LogP contribution in [0, 0.1) is 0 Å². The van der Waals surface area contributed by atoms with E-state index in [2.05, 4.69) is 12.2 Å². The first-order valence-electron chi connectivity index (χ1n) is 19.5. The van der Waals surface area contributed by atoms with Crippen LogP contribution in [0.25, 0.3) is 0 Å². The van der Waals surface area contributed by atoms with E-state index in [9.17, 15) is 14.7 Å². The van der Waals surface area contributed by atoms with Crippen LogP contribution in [0.5, 0.6) is 0 Å². The average molecular weight is 643 g/mol. The zero-order chi connectivity index (χ0) is 33.5. The molecule has 0 aromatic heterocycles. The highest BCUT2D eigenvalue weighted by molar-refractivity contribution is 5.66. The van der Waals surface area contributed by atoms with Crippen molar-refractivity contribution in [3.63, 3.8) is 0 Å². The first-order valence-corrected chi connectivity index (χ1v) is 19.5. The summed E-state index contributed by atoms with van der Waals surface area (Å²) in [6.07, 6.45) is 36.1. The Balaban J connectivity index is 0. The molecule has 45 heavy (non-hydrogen) atoms. The van der Waals surface area contributed by atoms with Crippen molar-refractivity contribution in [2.45, 2.75) is 212 Å². The Labute approximate surface area is 279 Å². The summed E-state index contributed by atoms with van der Waals surface area (Å²) < 4.78 is 0. The van der Waals surface area contributed by atoms with E-state index in [0.717, 1.165) is 70.9 Å². The van der Waals surface area contributed by atoms with Crippen LogP contribution < -0.4 is 11.1 Å². The summed E-state index contributed by atoms with van der Waals surface area (Å²) in [6.45, 7) is 4.94. The Kier molecular flexibility index (Phi) is 41.7. The van der Waals surface area contributed by atoms with Gasteiger partial charge in [0.2, 0.25) is 0 Å². The summed E-state index contributed by atoms with van der Waals surface area (Å²) >= 11 is 0. The van der Waals surface area contributed by atoms with E-state index in [1.807, 2.05) is 0 Å². The van der Waals surface area contributed by atoms with Crippen LogP contribution in [0.15, 0.2) is 0 Å². The van der Waals surface area contributed by atoms with Gasteiger partial charge in [-0.25, -0.2) is 0 Å². The lowest BCUT2D eigenvalue weighted by Gasteiger charge is -2.10.